The first-order valence-electron chi connectivity index (χ1n) is 9.22. The number of aryl methyl sites for hydroxylation is 1. The number of rotatable bonds is 1. The van der Waals surface area contributed by atoms with Gasteiger partial charge in [-0.15, -0.1) is 10.2 Å². The molecule has 0 fully saturated rings. The summed E-state index contributed by atoms with van der Waals surface area (Å²) < 4.78 is 16.3. The predicted molar refractivity (Wildman–Crippen MR) is 104 cm³/mol. The second kappa shape index (κ2) is 5.97. The van der Waals surface area contributed by atoms with E-state index in [-0.39, 0.29) is 11.9 Å². The van der Waals surface area contributed by atoms with Crippen molar-refractivity contribution < 1.29 is 4.39 Å². The minimum atomic E-state index is -0.396. The Morgan fingerprint density at radius 3 is 2.89 bits per heavy atom. The molecule has 2 N–H and O–H groups in total. The molecule has 1 atom stereocenters. The van der Waals surface area contributed by atoms with Gasteiger partial charge < -0.3 is 15.5 Å². The van der Waals surface area contributed by atoms with Crippen LogP contribution in [0.3, 0.4) is 0 Å². The molecule has 2 aliphatic heterocycles. The van der Waals surface area contributed by atoms with Crippen LogP contribution in [0.25, 0.3) is 5.69 Å². The van der Waals surface area contributed by atoms with Crippen LogP contribution in [0.5, 0.6) is 0 Å². The molecule has 5 rings (SSSR count). The third-order valence-corrected chi connectivity index (χ3v) is 5.59. The number of nitrogens with zero attached hydrogens (tertiary/aromatic N) is 5. The highest BCUT2D eigenvalue weighted by atomic mass is 19.1. The van der Waals surface area contributed by atoms with Gasteiger partial charge in [0.15, 0.2) is 0 Å². The van der Waals surface area contributed by atoms with Gasteiger partial charge in [0.05, 0.1) is 11.4 Å². The van der Waals surface area contributed by atoms with Crippen LogP contribution < -0.4 is 15.5 Å². The van der Waals surface area contributed by atoms with Crippen molar-refractivity contribution in [2.45, 2.75) is 25.4 Å². The van der Waals surface area contributed by atoms with E-state index in [1.54, 1.807) is 18.5 Å². The Balaban J connectivity index is 1.73. The van der Waals surface area contributed by atoms with E-state index in [0.29, 0.717) is 0 Å². The Morgan fingerprint density at radius 1 is 1.15 bits per heavy atom. The van der Waals surface area contributed by atoms with E-state index in [1.165, 1.54) is 11.3 Å². The smallest absolute Gasteiger partial charge is 0.233 e. The lowest BCUT2D eigenvalue weighted by molar-refractivity contribution is 0.558. The SMILES string of the molecule is CN1c2nncn2-c2cc(N)c(F)cc2C1N1CCCCc2ccccc21. The van der Waals surface area contributed by atoms with Crippen molar-refractivity contribution in [1.29, 1.82) is 0 Å². The minimum absolute atomic E-state index is 0.132. The Kier molecular flexibility index (Phi) is 3.56. The lowest BCUT2D eigenvalue weighted by Gasteiger charge is -2.43. The summed E-state index contributed by atoms with van der Waals surface area (Å²) in [6, 6.07) is 11.7. The third kappa shape index (κ3) is 2.38. The minimum Gasteiger partial charge on any atom is -0.396 e. The van der Waals surface area contributed by atoms with Gasteiger partial charge in [0.1, 0.15) is 18.3 Å². The van der Waals surface area contributed by atoms with Crippen LogP contribution in [0.15, 0.2) is 42.7 Å². The van der Waals surface area contributed by atoms with E-state index < -0.39 is 5.82 Å². The zero-order valence-electron chi connectivity index (χ0n) is 15.1. The van der Waals surface area contributed by atoms with Crippen LogP contribution >= 0.6 is 0 Å². The zero-order valence-corrected chi connectivity index (χ0v) is 15.1. The summed E-state index contributed by atoms with van der Waals surface area (Å²) in [5.41, 5.74) is 10.2. The second-order valence-corrected chi connectivity index (χ2v) is 7.20. The molecule has 2 aromatic carbocycles. The van der Waals surface area contributed by atoms with Gasteiger partial charge in [0.2, 0.25) is 5.95 Å². The van der Waals surface area contributed by atoms with Crippen LogP contribution in [0.1, 0.15) is 30.1 Å². The number of hydrogen-bond acceptors (Lipinski definition) is 5. The highest BCUT2D eigenvalue weighted by molar-refractivity contribution is 5.66. The van der Waals surface area contributed by atoms with Gasteiger partial charge in [-0.05, 0) is 43.0 Å². The fourth-order valence-electron chi connectivity index (χ4n) is 4.32. The number of para-hydroxylation sites is 1. The summed E-state index contributed by atoms with van der Waals surface area (Å²) in [6.45, 7) is 0.894. The number of halogens is 1. The topological polar surface area (TPSA) is 63.2 Å². The second-order valence-electron chi connectivity index (χ2n) is 7.20. The van der Waals surface area contributed by atoms with Crippen LogP contribution in [-0.2, 0) is 6.42 Å². The molecular weight excluding hydrogens is 343 g/mol. The maximum absolute atomic E-state index is 14.4. The van der Waals surface area contributed by atoms with Gasteiger partial charge in [-0.25, -0.2) is 4.39 Å². The van der Waals surface area contributed by atoms with Crippen LogP contribution in [0.4, 0.5) is 21.7 Å². The molecule has 0 amide bonds. The summed E-state index contributed by atoms with van der Waals surface area (Å²) in [4.78, 5) is 4.42. The molecule has 3 aromatic rings. The quantitative estimate of drug-likeness (QED) is 0.672. The van der Waals surface area contributed by atoms with E-state index in [2.05, 4.69) is 44.3 Å². The van der Waals surface area contributed by atoms with Crippen molar-refractivity contribution >= 4 is 17.3 Å². The van der Waals surface area contributed by atoms with E-state index >= 15 is 0 Å². The van der Waals surface area contributed by atoms with E-state index in [9.17, 15) is 4.39 Å². The Hall–Kier alpha value is -3.09. The average molecular weight is 364 g/mol. The van der Waals surface area contributed by atoms with Crippen molar-refractivity contribution in [3.8, 4) is 5.69 Å². The molecule has 27 heavy (non-hydrogen) atoms. The maximum atomic E-state index is 14.4. The first kappa shape index (κ1) is 16.1. The number of aromatic nitrogens is 3. The van der Waals surface area contributed by atoms with Crippen LogP contribution in [-0.4, -0.2) is 28.4 Å². The lowest BCUT2D eigenvalue weighted by Crippen LogP contribution is -2.44. The zero-order chi connectivity index (χ0) is 18.5. The number of anilines is 3. The first-order chi connectivity index (χ1) is 13.1. The van der Waals surface area contributed by atoms with Crippen molar-refractivity contribution in [2.75, 3.05) is 29.1 Å². The lowest BCUT2D eigenvalue weighted by atomic mass is 10.0. The molecule has 6 nitrogen and oxygen atoms in total. The third-order valence-electron chi connectivity index (χ3n) is 5.59. The summed E-state index contributed by atoms with van der Waals surface area (Å²) in [7, 11) is 1.98. The van der Waals surface area contributed by atoms with Crippen LogP contribution in [0.2, 0.25) is 0 Å². The van der Waals surface area contributed by atoms with E-state index in [4.69, 9.17) is 5.73 Å². The predicted octanol–water partition coefficient (Wildman–Crippen LogP) is 3.28. The fourth-order valence-corrected chi connectivity index (χ4v) is 4.32. The molecule has 0 saturated heterocycles. The molecule has 3 heterocycles. The summed E-state index contributed by atoms with van der Waals surface area (Å²) in [6.07, 6.45) is 4.75. The van der Waals surface area contributed by atoms with Gasteiger partial charge in [0.25, 0.3) is 0 Å². The molecule has 0 saturated carbocycles. The molecule has 0 spiro atoms. The largest absolute Gasteiger partial charge is 0.396 e. The normalized spacial score (nSPS) is 18.5. The highest BCUT2D eigenvalue weighted by Crippen LogP contribution is 2.42. The fraction of sp³-hybridized carbons (Fsp3) is 0.300. The number of fused-ring (bicyclic) bond motifs is 4. The van der Waals surface area contributed by atoms with Gasteiger partial charge in [-0.1, -0.05) is 18.2 Å². The summed E-state index contributed by atoms with van der Waals surface area (Å²) in [5.74, 6) is 0.326. The molecule has 0 radical (unpaired) electrons. The molecule has 2 aliphatic rings. The van der Waals surface area contributed by atoms with Crippen molar-refractivity contribution in [3.63, 3.8) is 0 Å². The molecule has 1 aromatic heterocycles. The molecule has 7 heteroatoms. The number of nitrogens with two attached hydrogens (primary N) is 1. The molecule has 138 valence electrons. The Labute approximate surface area is 157 Å². The first-order valence-corrected chi connectivity index (χ1v) is 9.22. The van der Waals surface area contributed by atoms with Gasteiger partial charge in [0, 0.05) is 24.8 Å². The standard InChI is InChI=1S/C20H21FN6/c1-25-19(26-9-5-4-7-13-6-2-3-8-17(13)26)14-10-15(21)16(22)11-18(14)27-12-23-24-20(25)27/h2-3,6,8,10-12,19H,4-5,7,9,22H2,1H3. The monoisotopic (exact) mass is 364 g/mol. The van der Waals surface area contributed by atoms with E-state index in [1.807, 2.05) is 11.6 Å². The summed E-state index contributed by atoms with van der Waals surface area (Å²) in [5, 5.41) is 8.36. The highest BCUT2D eigenvalue weighted by Gasteiger charge is 2.36. The number of benzene rings is 2. The van der Waals surface area contributed by atoms with Crippen LogP contribution in [0, 0.1) is 5.82 Å². The average Bonchev–Trinajstić information content (AvgIpc) is 3.07. The van der Waals surface area contributed by atoms with Gasteiger partial charge >= 0.3 is 0 Å². The number of hydrogen-bond donors (Lipinski definition) is 1. The van der Waals surface area contributed by atoms with Crippen molar-refractivity contribution in [2.24, 2.45) is 0 Å². The molecule has 0 aliphatic carbocycles. The number of nitrogen functional groups attached to an aromatic ring is 1. The van der Waals surface area contributed by atoms with E-state index in [0.717, 1.165) is 43.0 Å². The maximum Gasteiger partial charge on any atom is 0.233 e. The Bertz CT molecular complexity index is 1010. The van der Waals surface area contributed by atoms with Gasteiger partial charge in [-0.3, -0.25) is 4.57 Å². The van der Waals surface area contributed by atoms with Gasteiger partial charge in [-0.2, -0.15) is 0 Å². The summed E-state index contributed by atoms with van der Waals surface area (Å²) >= 11 is 0. The molecule has 1 unspecified atom stereocenters. The van der Waals surface area contributed by atoms with Crippen molar-refractivity contribution in [3.05, 3.63) is 59.7 Å². The molecule has 0 bridgehead atoms. The Morgan fingerprint density at radius 2 is 2.00 bits per heavy atom. The van der Waals surface area contributed by atoms with Crippen molar-refractivity contribution in [1.82, 2.24) is 14.8 Å². The molecular formula is C20H21FN6.